The Morgan fingerprint density at radius 1 is 0.527 bits per heavy atom. The normalized spacial score (nSPS) is 26.1. The molecule has 0 amide bonds. The van der Waals surface area contributed by atoms with Crippen molar-refractivity contribution < 1.29 is 76.1 Å². The number of hydrogen-bond donors (Lipinski definition) is 0. The van der Waals surface area contributed by atoms with Gasteiger partial charge in [0.1, 0.15) is 6.10 Å². The molecule has 3 aromatic rings. The molecule has 2 aliphatic rings. The first-order valence-electron chi connectivity index (χ1n) is 17.2. The number of rotatable bonds is 13. The summed E-state index contributed by atoms with van der Waals surface area (Å²) < 4.78 is 57.6. The third-order valence-corrected chi connectivity index (χ3v) is 8.31. The zero-order valence-electron chi connectivity index (χ0n) is 30.3. The molecular formula is C39H40O16. The van der Waals surface area contributed by atoms with Gasteiger partial charge in [-0.25, -0.2) is 14.4 Å². The number of ether oxygens (including phenoxy) is 10. The van der Waals surface area contributed by atoms with Crippen molar-refractivity contribution >= 4 is 35.8 Å². The van der Waals surface area contributed by atoms with Crippen LogP contribution in [0.25, 0.3) is 0 Å². The summed E-state index contributed by atoms with van der Waals surface area (Å²) in [6, 6.07) is 23.9. The highest BCUT2D eigenvalue weighted by Crippen LogP contribution is 2.32. The Morgan fingerprint density at radius 3 is 1.42 bits per heavy atom. The average molecular weight is 765 g/mol. The highest BCUT2D eigenvalue weighted by Gasteiger charge is 2.54. The molecule has 0 N–H and O–H groups in total. The lowest BCUT2D eigenvalue weighted by atomic mass is 9.98. The van der Waals surface area contributed by atoms with Crippen LogP contribution in [0, 0.1) is 0 Å². The predicted molar refractivity (Wildman–Crippen MR) is 185 cm³/mol. The summed E-state index contributed by atoms with van der Waals surface area (Å²) in [5.41, 5.74) is 0.476. The Morgan fingerprint density at radius 2 is 0.945 bits per heavy atom. The van der Waals surface area contributed by atoms with Gasteiger partial charge in [-0.15, -0.1) is 0 Å². The lowest BCUT2D eigenvalue weighted by Gasteiger charge is -2.45. The first-order chi connectivity index (χ1) is 26.4. The van der Waals surface area contributed by atoms with E-state index in [0.29, 0.717) is 0 Å². The Bertz CT molecular complexity index is 1780. The van der Waals surface area contributed by atoms with Crippen LogP contribution in [-0.4, -0.2) is 111 Å². The molecule has 0 saturated carbocycles. The highest BCUT2D eigenvalue weighted by molar-refractivity contribution is 5.91. The van der Waals surface area contributed by atoms with Gasteiger partial charge in [0.05, 0.1) is 29.9 Å². The molecule has 2 fully saturated rings. The molecule has 0 aliphatic carbocycles. The molecule has 2 aliphatic heterocycles. The molecular weight excluding hydrogens is 724 g/mol. The van der Waals surface area contributed by atoms with E-state index in [1.807, 2.05) is 0 Å². The topological polar surface area (TPSA) is 195 Å². The second-order valence-corrected chi connectivity index (χ2v) is 12.3. The summed E-state index contributed by atoms with van der Waals surface area (Å²) in [5, 5.41) is 0. The molecule has 0 aromatic heterocycles. The summed E-state index contributed by atoms with van der Waals surface area (Å²) in [4.78, 5) is 76.9. The molecule has 5 rings (SSSR count). The van der Waals surface area contributed by atoms with E-state index in [9.17, 15) is 28.8 Å². The largest absolute Gasteiger partial charge is 0.456 e. The van der Waals surface area contributed by atoms with Gasteiger partial charge in [-0.1, -0.05) is 54.6 Å². The van der Waals surface area contributed by atoms with Crippen molar-refractivity contribution in [3.05, 3.63) is 108 Å². The minimum atomic E-state index is -1.59. The van der Waals surface area contributed by atoms with Crippen LogP contribution in [0.1, 0.15) is 51.8 Å². The zero-order valence-corrected chi connectivity index (χ0v) is 30.3. The van der Waals surface area contributed by atoms with E-state index < -0.39 is 104 Å². The predicted octanol–water partition coefficient (Wildman–Crippen LogP) is 3.20. The molecule has 9 atom stereocenters. The fourth-order valence-electron chi connectivity index (χ4n) is 5.94. The summed E-state index contributed by atoms with van der Waals surface area (Å²) in [5.74, 6) is -4.81. The number of carbonyl (C=O) groups is 6. The van der Waals surface area contributed by atoms with Gasteiger partial charge in [0, 0.05) is 27.9 Å². The maximum atomic E-state index is 13.6. The van der Waals surface area contributed by atoms with E-state index in [4.69, 9.17) is 47.4 Å². The van der Waals surface area contributed by atoms with Crippen molar-refractivity contribution in [2.24, 2.45) is 0 Å². The van der Waals surface area contributed by atoms with Crippen molar-refractivity contribution in [3.8, 4) is 0 Å². The van der Waals surface area contributed by atoms with Gasteiger partial charge in [-0.3, -0.25) is 14.4 Å². The molecule has 2 heterocycles. The van der Waals surface area contributed by atoms with Gasteiger partial charge in [0.15, 0.2) is 49.2 Å². The van der Waals surface area contributed by atoms with Crippen molar-refractivity contribution in [1.82, 2.24) is 0 Å². The van der Waals surface area contributed by atoms with Crippen molar-refractivity contribution in [2.45, 2.75) is 76.1 Å². The number of methoxy groups -OCH3 is 1. The van der Waals surface area contributed by atoms with Crippen LogP contribution in [0.5, 0.6) is 0 Å². The van der Waals surface area contributed by atoms with E-state index in [0.717, 1.165) is 20.8 Å². The SMILES string of the molecule is CO[C@H]1OC(CO[C@@H]2OC[C@@H](OC(=O)c3ccccc3)[C@H](OC(=O)c3ccccc3)C2OC(=O)c2ccccc2)[C@@H](OC(C)=O)[C@H](OC(C)=O)C1OC(C)=O. The monoisotopic (exact) mass is 764 g/mol. The van der Waals surface area contributed by atoms with Crippen LogP contribution < -0.4 is 0 Å². The fourth-order valence-corrected chi connectivity index (χ4v) is 5.94. The molecule has 2 saturated heterocycles. The molecule has 16 nitrogen and oxygen atoms in total. The van der Waals surface area contributed by atoms with Gasteiger partial charge >= 0.3 is 35.8 Å². The second kappa shape index (κ2) is 19.1. The quantitative estimate of drug-likeness (QED) is 0.182. The molecule has 3 unspecified atom stereocenters. The second-order valence-electron chi connectivity index (χ2n) is 12.3. The average Bonchev–Trinajstić information content (AvgIpc) is 3.17. The van der Waals surface area contributed by atoms with Gasteiger partial charge in [-0.2, -0.15) is 0 Å². The Kier molecular flexibility index (Phi) is 14.0. The Balaban J connectivity index is 1.48. The minimum absolute atomic E-state index is 0.131. The minimum Gasteiger partial charge on any atom is -0.456 e. The van der Waals surface area contributed by atoms with E-state index in [2.05, 4.69) is 0 Å². The van der Waals surface area contributed by atoms with E-state index in [1.165, 1.54) is 43.5 Å². The fraction of sp³-hybridized carbons (Fsp3) is 0.385. The number of esters is 6. The van der Waals surface area contributed by atoms with Crippen molar-refractivity contribution in [3.63, 3.8) is 0 Å². The van der Waals surface area contributed by atoms with E-state index >= 15 is 0 Å². The highest BCUT2D eigenvalue weighted by atomic mass is 16.8. The third-order valence-electron chi connectivity index (χ3n) is 8.31. The van der Waals surface area contributed by atoms with E-state index in [-0.39, 0.29) is 16.7 Å². The smallest absolute Gasteiger partial charge is 0.338 e. The molecule has 0 spiro atoms. The molecule has 55 heavy (non-hydrogen) atoms. The van der Waals surface area contributed by atoms with Crippen LogP contribution in [0.15, 0.2) is 91.0 Å². The van der Waals surface area contributed by atoms with Crippen LogP contribution in [-0.2, 0) is 61.8 Å². The first-order valence-corrected chi connectivity index (χ1v) is 17.2. The van der Waals surface area contributed by atoms with Gasteiger partial charge in [-0.05, 0) is 36.4 Å². The third kappa shape index (κ3) is 10.7. The van der Waals surface area contributed by atoms with Crippen LogP contribution in [0.2, 0.25) is 0 Å². The summed E-state index contributed by atoms with van der Waals surface area (Å²) in [7, 11) is 1.25. The van der Waals surface area contributed by atoms with Crippen LogP contribution in [0.3, 0.4) is 0 Å². The molecule has 0 radical (unpaired) electrons. The first kappa shape index (κ1) is 40.5. The lowest BCUT2D eigenvalue weighted by molar-refractivity contribution is -0.319. The molecule has 16 heteroatoms. The number of benzene rings is 3. The number of hydrogen-bond acceptors (Lipinski definition) is 16. The maximum absolute atomic E-state index is 13.6. The van der Waals surface area contributed by atoms with Crippen molar-refractivity contribution in [1.29, 1.82) is 0 Å². The van der Waals surface area contributed by atoms with Gasteiger partial charge < -0.3 is 47.4 Å². The molecule has 292 valence electrons. The van der Waals surface area contributed by atoms with E-state index in [1.54, 1.807) is 54.6 Å². The summed E-state index contributed by atoms with van der Waals surface area (Å²) >= 11 is 0. The zero-order chi connectivity index (χ0) is 39.5. The summed E-state index contributed by atoms with van der Waals surface area (Å²) in [6.07, 6.45) is -12.8. The van der Waals surface area contributed by atoms with Crippen LogP contribution >= 0.6 is 0 Å². The van der Waals surface area contributed by atoms with Gasteiger partial charge in [0.25, 0.3) is 0 Å². The molecule has 3 aromatic carbocycles. The maximum Gasteiger partial charge on any atom is 0.338 e. The van der Waals surface area contributed by atoms with Crippen molar-refractivity contribution in [2.75, 3.05) is 20.3 Å². The molecule has 0 bridgehead atoms. The lowest BCUT2D eigenvalue weighted by Crippen LogP contribution is -2.63. The van der Waals surface area contributed by atoms with Gasteiger partial charge in [0.2, 0.25) is 0 Å². The Hall–Kier alpha value is -5.68. The Labute approximate surface area is 315 Å². The summed E-state index contributed by atoms with van der Waals surface area (Å²) in [6.45, 7) is 2.42. The standard InChI is InChI=1S/C39H40O16/c1-22(40)49-30-29(53-38(46-4)34(51-24(3)42)32(30)50-23(2)41)21-48-39-33(55-37(45)27-18-12-7-13-19-27)31(54-36(44)26-16-10-6-11-17-26)28(20-47-39)52-35(43)25-14-8-5-9-15-25/h5-19,28-34,38-39H,20-21H2,1-4H3/t28-,29?,30-,31+,32+,33?,34?,38+,39+/m1/s1. The number of carbonyl (C=O) groups excluding carboxylic acids is 6. The van der Waals surface area contributed by atoms with Crippen LogP contribution in [0.4, 0.5) is 0 Å².